The molecule has 0 atom stereocenters. The van der Waals surface area contributed by atoms with Crippen molar-refractivity contribution in [2.75, 3.05) is 0 Å². The van der Waals surface area contributed by atoms with Gasteiger partial charge in [0.15, 0.2) is 0 Å². The van der Waals surface area contributed by atoms with Gasteiger partial charge in [0.1, 0.15) is 5.75 Å². The van der Waals surface area contributed by atoms with Crippen LogP contribution in [0.5, 0.6) is 5.75 Å². The quantitative estimate of drug-likeness (QED) is 0.898. The summed E-state index contributed by atoms with van der Waals surface area (Å²) in [5, 5.41) is 16.9. The van der Waals surface area contributed by atoms with E-state index in [1.807, 2.05) is 27.8 Å². The molecule has 1 aromatic heterocycles. The number of phenolic OH excluding ortho intramolecular Hbond substituents is 1. The molecule has 0 saturated carbocycles. The third-order valence-corrected chi connectivity index (χ3v) is 3.48. The van der Waals surface area contributed by atoms with E-state index < -0.39 is 0 Å². The Labute approximate surface area is 118 Å². The van der Waals surface area contributed by atoms with Crippen LogP contribution in [-0.2, 0) is 13.6 Å². The number of aromatic hydroxyl groups is 1. The van der Waals surface area contributed by atoms with Gasteiger partial charge in [-0.1, -0.05) is 6.07 Å². The van der Waals surface area contributed by atoms with Gasteiger partial charge in [0, 0.05) is 24.8 Å². The third kappa shape index (κ3) is 2.66. The molecule has 2 aromatic rings. The van der Waals surface area contributed by atoms with Gasteiger partial charge >= 0.3 is 0 Å². The van der Waals surface area contributed by atoms with Gasteiger partial charge in [0.05, 0.1) is 11.3 Å². The molecule has 0 fully saturated rings. The minimum Gasteiger partial charge on any atom is -0.507 e. The van der Waals surface area contributed by atoms with E-state index in [0.717, 1.165) is 22.5 Å². The highest BCUT2D eigenvalue weighted by molar-refractivity contribution is 5.96. The lowest BCUT2D eigenvalue weighted by Gasteiger charge is -2.08. The first-order chi connectivity index (χ1) is 9.40. The summed E-state index contributed by atoms with van der Waals surface area (Å²) in [5.74, 6) is -0.285. The van der Waals surface area contributed by atoms with Gasteiger partial charge in [-0.2, -0.15) is 5.10 Å². The largest absolute Gasteiger partial charge is 0.507 e. The van der Waals surface area contributed by atoms with Gasteiger partial charge in [-0.05, 0) is 38.5 Å². The molecule has 1 heterocycles. The molecular formula is C15H19N3O2. The molecule has 106 valence electrons. The number of nitrogens with zero attached hydrogens (tertiary/aromatic N) is 2. The average molecular weight is 273 g/mol. The Morgan fingerprint density at radius 1 is 1.35 bits per heavy atom. The van der Waals surface area contributed by atoms with E-state index in [0.29, 0.717) is 6.54 Å². The van der Waals surface area contributed by atoms with E-state index in [9.17, 15) is 9.90 Å². The number of aromatic nitrogens is 2. The van der Waals surface area contributed by atoms with Crippen molar-refractivity contribution in [3.05, 3.63) is 46.3 Å². The summed E-state index contributed by atoms with van der Waals surface area (Å²) in [6, 6.07) is 5.01. The summed E-state index contributed by atoms with van der Waals surface area (Å²) >= 11 is 0. The van der Waals surface area contributed by atoms with Crippen molar-refractivity contribution in [3.8, 4) is 5.75 Å². The van der Waals surface area contributed by atoms with Gasteiger partial charge in [-0.3, -0.25) is 9.48 Å². The fraction of sp³-hybridized carbons (Fsp3) is 0.333. The molecule has 20 heavy (non-hydrogen) atoms. The number of hydrogen-bond donors (Lipinski definition) is 2. The predicted molar refractivity (Wildman–Crippen MR) is 76.7 cm³/mol. The lowest BCUT2D eigenvalue weighted by Crippen LogP contribution is -2.23. The molecule has 0 aliphatic heterocycles. The second kappa shape index (κ2) is 5.36. The Morgan fingerprint density at radius 2 is 2.05 bits per heavy atom. The fourth-order valence-electron chi connectivity index (χ4n) is 2.17. The molecule has 1 aromatic carbocycles. The van der Waals surface area contributed by atoms with E-state index in [4.69, 9.17) is 0 Å². The van der Waals surface area contributed by atoms with E-state index in [1.54, 1.807) is 22.9 Å². The molecule has 0 saturated heterocycles. The maximum absolute atomic E-state index is 12.1. The minimum absolute atomic E-state index is 0.00197. The molecule has 0 aliphatic carbocycles. The van der Waals surface area contributed by atoms with Crippen molar-refractivity contribution in [3.63, 3.8) is 0 Å². The smallest absolute Gasteiger partial charge is 0.255 e. The Morgan fingerprint density at radius 3 is 2.60 bits per heavy atom. The minimum atomic E-state index is -0.287. The molecule has 0 bridgehead atoms. The first-order valence-electron chi connectivity index (χ1n) is 6.47. The van der Waals surface area contributed by atoms with Crippen molar-refractivity contribution in [1.29, 1.82) is 0 Å². The highest BCUT2D eigenvalue weighted by Crippen LogP contribution is 2.18. The predicted octanol–water partition coefficient (Wildman–Crippen LogP) is 1.98. The Hall–Kier alpha value is -2.30. The van der Waals surface area contributed by atoms with E-state index in [1.165, 1.54) is 0 Å². The molecule has 2 rings (SSSR count). The monoisotopic (exact) mass is 273 g/mol. The zero-order chi connectivity index (χ0) is 14.9. The first kappa shape index (κ1) is 14.1. The van der Waals surface area contributed by atoms with Gasteiger partial charge in [0.25, 0.3) is 5.91 Å². The van der Waals surface area contributed by atoms with Gasteiger partial charge in [-0.25, -0.2) is 0 Å². The van der Waals surface area contributed by atoms with Crippen molar-refractivity contribution in [2.45, 2.75) is 27.3 Å². The highest BCUT2D eigenvalue weighted by Gasteiger charge is 2.14. The van der Waals surface area contributed by atoms with Crippen molar-refractivity contribution in [1.82, 2.24) is 15.1 Å². The molecular weight excluding hydrogens is 254 g/mol. The molecule has 0 radical (unpaired) electrons. The van der Waals surface area contributed by atoms with Crippen molar-refractivity contribution < 1.29 is 9.90 Å². The van der Waals surface area contributed by atoms with Gasteiger partial charge in [-0.15, -0.1) is 0 Å². The van der Waals surface area contributed by atoms with Crippen LogP contribution in [0.15, 0.2) is 18.2 Å². The van der Waals surface area contributed by atoms with Crippen LogP contribution in [0.3, 0.4) is 0 Å². The normalized spacial score (nSPS) is 10.6. The van der Waals surface area contributed by atoms with Crippen LogP contribution >= 0.6 is 0 Å². The number of carbonyl (C=O) groups excluding carboxylic acids is 1. The van der Waals surface area contributed by atoms with Crippen LogP contribution in [0.1, 0.15) is 32.9 Å². The molecule has 5 heteroatoms. The summed E-state index contributed by atoms with van der Waals surface area (Å²) in [6.45, 7) is 6.14. The summed E-state index contributed by atoms with van der Waals surface area (Å²) in [6.07, 6.45) is 0. The average Bonchev–Trinajstić information content (AvgIpc) is 2.61. The van der Waals surface area contributed by atoms with E-state index in [-0.39, 0.29) is 17.2 Å². The Bertz CT molecular complexity index is 659. The number of nitrogens with one attached hydrogen (secondary N) is 1. The Balaban J connectivity index is 2.12. The topological polar surface area (TPSA) is 67.2 Å². The SMILES string of the molecule is Cc1ccc(C(=O)NCc2c(C)nn(C)c2C)c(O)c1. The molecule has 0 spiro atoms. The summed E-state index contributed by atoms with van der Waals surface area (Å²) < 4.78 is 1.79. The molecule has 1 amide bonds. The van der Waals surface area contributed by atoms with Crippen LogP contribution in [0.4, 0.5) is 0 Å². The zero-order valence-electron chi connectivity index (χ0n) is 12.2. The third-order valence-electron chi connectivity index (χ3n) is 3.48. The standard InChI is InChI=1S/C15H19N3O2/c1-9-5-6-12(14(19)7-9)15(20)16-8-13-10(2)17-18(4)11(13)3/h5-7,19H,8H2,1-4H3,(H,16,20). The van der Waals surface area contributed by atoms with Crippen LogP contribution in [0.25, 0.3) is 0 Å². The van der Waals surface area contributed by atoms with Crippen LogP contribution < -0.4 is 5.32 Å². The summed E-state index contributed by atoms with van der Waals surface area (Å²) in [4.78, 5) is 12.1. The van der Waals surface area contributed by atoms with Gasteiger partial charge < -0.3 is 10.4 Å². The maximum Gasteiger partial charge on any atom is 0.255 e. The number of phenols is 1. The Kier molecular flexibility index (Phi) is 3.79. The number of aryl methyl sites for hydroxylation is 3. The number of benzene rings is 1. The number of carbonyl (C=O) groups is 1. The lowest BCUT2D eigenvalue weighted by atomic mass is 10.1. The lowest BCUT2D eigenvalue weighted by molar-refractivity contribution is 0.0948. The number of hydrogen-bond acceptors (Lipinski definition) is 3. The van der Waals surface area contributed by atoms with E-state index >= 15 is 0 Å². The van der Waals surface area contributed by atoms with Gasteiger partial charge in [0.2, 0.25) is 0 Å². The molecule has 0 aliphatic rings. The molecule has 0 unspecified atom stereocenters. The fourth-order valence-corrected chi connectivity index (χ4v) is 2.17. The van der Waals surface area contributed by atoms with Crippen LogP contribution in [0.2, 0.25) is 0 Å². The highest BCUT2D eigenvalue weighted by atomic mass is 16.3. The summed E-state index contributed by atoms with van der Waals surface area (Å²) in [5.41, 5.74) is 4.13. The first-order valence-corrected chi connectivity index (χ1v) is 6.47. The molecule has 5 nitrogen and oxygen atoms in total. The van der Waals surface area contributed by atoms with Crippen LogP contribution in [0, 0.1) is 20.8 Å². The number of rotatable bonds is 3. The maximum atomic E-state index is 12.1. The second-order valence-electron chi connectivity index (χ2n) is 4.98. The van der Waals surface area contributed by atoms with Crippen molar-refractivity contribution >= 4 is 5.91 Å². The van der Waals surface area contributed by atoms with E-state index in [2.05, 4.69) is 10.4 Å². The number of amides is 1. The second-order valence-corrected chi connectivity index (χ2v) is 4.98. The van der Waals surface area contributed by atoms with Crippen molar-refractivity contribution in [2.24, 2.45) is 7.05 Å². The zero-order valence-corrected chi connectivity index (χ0v) is 12.2. The summed E-state index contributed by atoms with van der Waals surface area (Å²) in [7, 11) is 1.87. The van der Waals surface area contributed by atoms with Crippen LogP contribution in [-0.4, -0.2) is 20.8 Å². The molecule has 2 N–H and O–H groups in total.